The number of hydrogen-bond acceptors (Lipinski definition) is 8. The first kappa shape index (κ1) is 22.9. The van der Waals surface area contributed by atoms with Crippen LogP contribution in [0.15, 0.2) is 53.5 Å². The second-order valence-corrected chi connectivity index (χ2v) is 9.28. The van der Waals surface area contributed by atoms with E-state index in [9.17, 15) is 14.4 Å². The lowest BCUT2D eigenvalue weighted by molar-refractivity contribution is -0.128. The maximum absolute atomic E-state index is 12.9. The van der Waals surface area contributed by atoms with Crippen LogP contribution in [0, 0.1) is 0 Å². The topological polar surface area (TPSA) is 101 Å². The van der Waals surface area contributed by atoms with E-state index in [0.717, 1.165) is 10.2 Å². The molecule has 4 rings (SSSR count). The molecule has 1 aliphatic rings. The molecule has 0 saturated carbocycles. The van der Waals surface area contributed by atoms with Gasteiger partial charge in [0.05, 0.1) is 22.4 Å². The molecule has 0 spiro atoms. The summed E-state index contributed by atoms with van der Waals surface area (Å²) in [5.41, 5.74) is 1.81. The van der Waals surface area contributed by atoms with Crippen LogP contribution in [-0.4, -0.2) is 51.2 Å². The molecule has 10 heteroatoms. The molecule has 2 amide bonds. The average molecular weight is 483 g/mol. The minimum atomic E-state index is -0.558. The summed E-state index contributed by atoms with van der Waals surface area (Å²) in [6, 6.07) is 14.2. The Hall–Kier alpha value is -3.24. The number of ether oxygens (including phenoxy) is 1. The summed E-state index contributed by atoms with van der Waals surface area (Å²) in [5, 5.41) is 3.35. The van der Waals surface area contributed by atoms with Gasteiger partial charge in [0.25, 0.3) is 0 Å². The Morgan fingerprint density at radius 2 is 1.91 bits per heavy atom. The highest BCUT2D eigenvalue weighted by Gasteiger charge is 2.38. The van der Waals surface area contributed by atoms with Gasteiger partial charge in [0.15, 0.2) is 5.17 Å². The number of aromatic nitrogens is 1. The van der Waals surface area contributed by atoms with Gasteiger partial charge in [-0.3, -0.25) is 14.5 Å². The molecule has 1 aliphatic heterocycles. The maximum Gasteiger partial charge on any atom is 0.338 e. The second-order valence-electron chi connectivity index (χ2n) is 7.10. The van der Waals surface area contributed by atoms with Crippen molar-refractivity contribution in [3.05, 3.63) is 54.1 Å². The van der Waals surface area contributed by atoms with E-state index in [0.29, 0.717) is 34.7 Å². The van der Waals surface area contributed by atoms with Crippen LogP contribution in [-0.2, 0) is 14.3 Å². The Labute approximate surface area is 199 Å². The summed E-state index contributed by atoms with van der Waals surface area (Å²) in [6.07, 6.45) is 0.0124. The third-order valence-electron chi connectivity index (χ3n) is 4.86. The van der Waals surface area contributed by atoms with Crippen molar-refractivity contribution >= 4 is 67.1 Å². The number of carbonyl (C=O) groups excluding carboxylic acids is 3. The first-order valence-electron chi connectivity index (χ1n) is 10.5. The standard InChI is InChI=1S/C23H22N4O4S2/c1-3-27-20(29)18(33-23(27)26-22-25-16-7-5-6-8-17(16)32-22)13-19(28)24-15-11-9-14(10-12-15)21(30)31-4-2/h5-12,18H,3-4,13H2,1-2H3,(H,24,28). The van der Waals surface area contributed by atoms with Crippen LogP contribution in [0.25, 0.3) is 10.2 Å². The number of amidine groups is 1. The van der Waals surface area contributed by atoms with E-state index >= 15 is 0 Å². The SMILES string of the molecule is CCOC(=O)c1ccc(NC(=O)CC2SC(=Nc3nc4ccccc4s3)N(CC)C2=O)cc1. The van der Waals surface area contributed by atoms with E-state index in [4.69, 9.17) is 4.74 Å². The zero-order chi connectivity index (χ0) is 23.4. The summed E-state index contributed by atoms with van der Waals surface area (Å²) in [5.74, 6) is -0.847. The molecule has 2 heterocycles. The predicted octanol–water partition coefficient (Wildman–Crippen LogP) is 4.45. The van der Waals surface area contributed by atoms with E-state index in [1.165, 1.54) is 23.1 Å². The highest BCUT2D eigenvalue weighted by molar-refractivity contribution is 8.15. The minimum Gasteiger partial charge on any atom is -0.462 e. The number of carbonyl (C=O) groups is 3. The van der Waals surface area contributed by atoms with Gasteiger partial charge in [0.2, 0.25) is 16.9 Å². The summed E-state index contributed by atoms with van der Waals surface area (Å²) in [4.78, 5) is 47.9. The lowest BCUT2D eigenvalue weighted by atomic mass is 10.2. The van der Waals surface area contributed by atoms with Crippen molar-refractivity contribution in [3.63, 3.8) is 0 Å². The lowest BCUT2D eigenvalue weighted by Gasteiger charge is -2.13. The van der Waals surface area contributed by atoms with Crippen LogP contribution in [0.4, 0.5) is 10.8 Å². The normalized spacial score (nSPS) is 17.0. The molecular formula is C23H22N4O4S2. The number of hydrogen-bond donors (Lipinski definition) is 1. The van der Waals surface area contributed by atoms with Crippen molar-refractivity contribution < 1.29 is 19.1 Å². The molecule has 1 saturated heterocycles. The highest BCUT2D eigenvalue weighted by atomic mass is 32.2. The number of fused-ring (bicyclic) bond motifs is 1. The Bertz CT molecular complexity index is 1190. The number of amides is 2. The second kappa shape index (κ2) is 10.1. The van der Waals surface area contributed by atoms with Gasteiger partial charge < -0.3 is 10.1 Å². The molecule has 2 aromatic carbocycles. The maximum atomic E-state index is 12.9. The fraction of sp³-hybridized carbons (Fsp3) is 0.261. The number of aliphatic imine (C=N–C) groups is 1. The molecule has 0 bridgehead atoms. The first-order chi connectivity index (χ1) is 16.0. The van der Waals surface area contributed by atoms with Crippen molar-refractivity contribution in [3.8, 4) is 0 Å². The van der Waals surface area contributed by atoms with Crippen LogP contribution in [0.5, 0.6) is 0 Å². The van der Waals surface area contributed by atoms with Crippen LogP contribution in [0.3, 0.4) is 0 Å². The molecule has 0 aliphatic carbocycles. The van der Waals surface area contributed by atoms with Gasteiger partial charge in [-0.2, -0.15) is 4.99 Å². The van der Waals surface area contributed by atoms with Crippen LogP contribution < -0.4 is 5.32 Å². The molecule has 3 aromatic rings. The van der Waals surface area contributed by atoms with Crippen molar-refractivity contribution in [1.29, 1.82) is 0 Å². The molecular weight excluding hydrogens is 460 g/mol. The smallest absolute Gasteiger partial charge is 0.338 e. The van der Waals surface area contributed by atoms with Gasteiger partial charge >= 0.3 is 5.97 Å². The van der Waals surface area contributed by atoms with Crippen molar-refractivity contribution in [2.75, 3.05) is 18.5 Å². The molecule has 8 nitrogen and oxygen atoms in total. The number of anilines is 1. The van der Waals surface area contributed by atoms with Gasteiger partial charge in [-0.15, -0.1) is 0 Å². The average Bonchev–Trinajstić information content (AvgIpc) is 3.34. The molecule has 33 heavy (non-hydrogen) atoms. The number of nitrogens with one attached hydrogen (secondary N) is 1. The van der Waals surface area contributed by atoms with E-state index in [2.05, 4.69) is 15.3 Å². The number of rotatable bonds is 7. The first-order valence-corrected chi connectivity index (χ1v) is 12.2. The third kappa shape index (κ3) is 5.23. The van der Waals surface area contributed by atoms with Crippen molar-refractivity contribution in [2.45, 2.75) is 25.5 Å². The van der Waals surface area contributed by atoms with E-state index in [-0.39, 0.29) is 18.2 Å². The molecule has 1 unspecified atom stereocenters. The Morgan fingerprint density at radius 3 is 2.61 bits per heavy atom. The van der Waals surface area contributed by atoms with Gasteiger partial charge in [0.1, 0.15) is 5.25 Å². The summed E-state index contributed by atoms with van der Waals surface area (Å²) < 4.78 is 5.98. The van der Waals surface area contributed by atoms with Gasteiger partial charge in [-0.05, 0) is 50.2 Å². The number of para-hydroxylation sites is 1. The quantitative estimate of drug-likeness (QED) is 0.499. The summed E-state index contributed by atoms with van der Waals surface area (Å²) in [6.45, 7) is 4.37. The molecule has 1 atom stereocenters. The Kier molecular flexibility index (Phi) is 7.05. The fourth-order valence-electron chi connectivity index (χ4n) is 3.29. The monoisotopic (exact) mass is 482 g/mol. The zero-order valence-corrected chi connectivity index (χ0v) is 19.7. The van der Waals surface area contributed by atoms with Crippen LogP contribution in [0.1, 0.15) is 30.6 Å². The molecule has 0 radical (unpaired) electrons. The van der Waals surface area contributed by atoms with Crippen molar-refractivity contribution in [1.82, 2.24) is 9.88 Å². The molecule has 1 aromatic heterocycles. The number of thioether (sulfide) groups is 1. The number of thiazole rings is 1. The van der Waals surface area contributed by atoms with Crippen LogP contribution >= 0.6 is 23.1 Å². The van der Waals surface area contributed by atoms with Gasteiger partial charge in [-0.25, -0.2) is 9.78 Å². The summed E-state index contributed by atoms with van der Waals surface area (Å²) >= 11 is 2.74. The van der Waals surface area contributed by atoms with Crippen LogP contribution in [0.2, 0.25) is 0 Å². The Balaban J connectivity index is 1.42. The van der Waals surface area contributed by atoms with Gasteiger partial charge in [0, 0.05) is 18.7 Å². The molecule has 1 N–H and O–H groups in total. The number of nitrogens with zero attached hydrogens (tertiary/aromatic N) is 3. The zero-order valence-electron chi connectivity index (χ0n) is 18.1. The predicted molar refractivity (Wildman–Crippen MR) is 131 cm³/mol. The van der Waals surface area contributed by atoms with E-state index in [1.54, 1.807) is 36.1 Å². The lowest BCUT2D eigenvalue weighted by Crippen LogP contribution is -2.33. The number of benzene rings is 2. The molecule has 1 fully saturated rings. The van der Waals surface area contributed by atoms with Crippen molar-refractivity contribution in [2.24, 2.45) is 4.99 Å². The number of esters is 1. The highest BCUT2D eigenvalue weighted by Crippen LogP contribution is 2.34. The van der Waals surface area contributed by atoms with E-state index < -0.39 is 11.2 Å². The minimum absolute atomic E-state index is 0.0124. The Morgan fingerprint density at radius 1 is 1.15 bits per heavy atom. The fourth-order valence-corrected chi connectivity index (χ4v) is 5.39. The largest absolute Gasteiger partial charge is 0.462 e. The van der Waals surface area contributed by atoms with E-state index in [1.807, 2.05) is 31.2 Å². The van der Waals surface area contributed by atoms with Gasteiger partial charge in [-0.1, -0.05) is 35.2 Å². The molecule has 170 valence electrons. The summed E-state index contributed by atoms with van der Waals surface area (Å²) in [7, 11) is 0. The third-order valence-corrected chi connectivity index (χ3v) is 6.97.